The number of benzene rings is 2. The van der Waals surface area contributed by atoms with Crippen molar-refractivity contribution in [3.63, 3.8) is 0 Å². The predicted molar refractivity (Wildman–Crippen MR) is 130 cm³/mol. The molecule has 0 radical (unpaired) electrons. The summed E-state index contributed by atoms with van der Waals surface area (Å²) in [5.41, 5.74) is -0.598. The molecule has 1 fully saturated rings. The summed E-state index contributed by atoms with van der Waals surface area (Å²) in [5, 5.41) is 11.5. The van der Waals surface area contributed by atoms with Crippen molar-refractivity contribution in [2.45, 2.75) is 57.3 Å². The van der Waals surface area contributed by atoms with Gasteiger partial charge in [-0.05, 0) is 23.5 Å². The minimum Gasteiger partial charge on any atom is -0.461 e. The summed E-state index contributed by atoms with van der Waals surface area (Å²) in [4.78, 5) is 17.6. The van der Waals surface area contributed by atoms with Gasteiger partial charge in [-0.2, -0.15) is 0 Å². The molecular weight excluding hydrogens is 450 g/mol. The summed E-state index contributed by atoms with van der Waals surface area (Å²) >= 11 is 0. The molecule has 4 rings (SSSR count). The summed E-state index contributed by atoms with van der Waals surface area (Å²) in [7, 11) is 0. The van der Waals surface area contributed by atoms with Crippen molar-refractivity contribution in [1.82, 2.24) is 9.80 Å². The van der Waals surface area contributed by atoms with Crippen LogP contribution in [0.15, 0.2) is 73.1 Å². The van der Waals surface area contributed by atoms with Gasteiger partial charge < -0.3 is 19.6 Å². The maximum atomic E-state index is 14.0. The quantitative estimate of drug-likeness (QED) is 0.501. The van der Waals surface area contributed by atoms with Gasteiger partial charge in [0, 0.05) is 37.7 Å². The number of carbonyl (C=O) groups excluding carboxylic acids is 1. The fourth-order valence-corrected chi connectivity index (χ4v) is 5.32. The second-order valence-electron chi connectivity index (χ2n) is 9.92. The highest BCUT2D eigenvalue weighted by molar-refractivity contribution is 5.81. The van der Waals surface area contributed by atoms with Gasteiger partial charge in [-0.25, -0.2) is 13.6 Å². The Morgan fingerprint density at radius 1 is 1.09 bits per heavy atom. The number of rotatable bonds is 9. The number of hydrogen-bond acceptors (Lipinski definition) is 5. The van der Waals surface area contributed by atoms with Crippen LogP contribution in [0, 0.1) is 11.8 Å². The standard InChI is InChI=1S/C28H34F2N2O3/c1-21(2)25-31(15-16-32(25)20-22-9-5-3-6-10-22)17-18-35-26(33)28(34,23-11-7-4-8-12-23)24-13-14-27(29,30)19-24/h3-12,15-16,21,24-25,34H,13-14,17-20H2,1-2H3/t24-,25?,28-/m0/s1. The van der Waals surface area contributed by atoms with Crippen molar-refractivity contribution < 1.29 is 23.4 Å². The lowest BCUT2D eigenvalue weighted by Gasteiger charge is -2.36. The normalized spacial score (nSPS) is 23.0. The lowest BCUT2D eigenvalue weighted by atomic mass is 9.80. The molecule has 0 saturated heterocycles. The first-order valence-electron chi connectivity index (χ1n) is 12.3. The molecule has 7 heteroatoms. The molecule has 0 bridgehead atoms. The van der Waals surface area contributed by atoms with Gasteiger partial charge in [0.15, 0.2) is 5.60 Å². The second-order valence-corrected chi connectivity index (χ2v) is 9.92. The molecule has 1 N–H and O–H groups in total. The second kappa shape index (κ2) is 10.4. The molecule has 0 spiro atoms. The average Bonchev–Trinajstić information content (AvgIpc) is 3.42. The number of halogens is 2. The van der Waals surface area contributed by atoms with Gasteiger partial charge in [-0.1, -0.05) is 74.5 Å². The molecule has 1 aliphatic heterocycles. The van der Waals surface area contributed by atoms with E-state index in [1.54, 1.807) is 30.3 Å². The van der Waals surface area contributed by atoms with E-state index >= 15 is 0 Å². The van der Waals surface area contributed by atoms with Crippen LogP contribution >= 0.6 is 0 Å². The number of hydrogen-bond donors (Lipinski definition) is 1. The van der Waals surface area contributed by atoms with E-state index in [9.17, 15) is 18.7 Å². The number of nitrogens with zero attached hydrogens (tertiary/aromatic N) is 2. The first-order chi connectivity index (χ1) is 16.7. The van der Waals surface area contributed by atoms with Crippen molar-refractivity contribution >= 4 is 5.97 Å². The van der Waals surface area contributed by atoms with E-state index in [0.29, 0.717) is 18.0 Å². The van der Waals surface area contributed by atoms with Gasteiger partial charge in [0.1, 0.15) is 12.8 Å². The molecule has 35 heavy (non-hydrogen) atoms. The van der Waals surface area contributed by atoms with E-state index in [1.165, 1.54) is 5.56 Å². The number of esters is 1. The smallest absolute Gasteiger partial charge is 0.343 e. The van der Waals surface area contributed by atoms with Crippen molar-refractivity contribution in [2.75, 3.05) is 13.2 Å². The van der Waals surface area contributed by atoms with E-state index in [-0.39, 0.29) is 25.6 Å². The van der Waals surface area contributed by atoms with Crippen LogP contribution in [0.5, 0.6) is 0 Å². The molecule has 1 unspecified atom stereocenters. The molecule has 0 aromatic heterocycles. The number of carbonyl (C=O) groups is 1. The summed E-state index contributed by atoms with van der Waals surface area (Å²) in [6.07, 6.45) is 3.31. The Hall–Kier alpha value is -2.93. The Morgan fingerprint density at radius 2 is 1.71 bits per heavy atom. The fraction of sp³-hybridized carbons (Fsp3) is 0.464. The Morgan fingerprint density at radius 3 is 2.31 bits per heavy atom. The lowest BCUT2D eigenvalue weighted by molar-refractivity contribution is -0.175. The lowest BCUT2D eigenvalue weighted by Crippen LogP contribution is -2.46. The zero-order valence-electron chi connectivity index (χ0n) is 20.3. The Kier molecular flexibility index (Phi) is 7.45. The molecule has 2 aliphatic rings. The van der Waals surface area contributed by atoms with Crippen molar-refractivity contribution in [1.29, 1.82) is 0 Å². The zero-order chi connectivity index (χ0) is 25.1. The van der Waals surface area contributed by atoms with Crippen molar-refractivity contribution in [3.8, 4) is 0 Å². The molecule has 3 atom stereocenters. The largest absolute Gasteiger partial charge is 0.461 e. The molecule has 1 aliphatic carbocycles. The first-order valence-corrected chi connectivity index (χ1v) is 12.3. The Bertz CT molecular complexity index is 1020. The van der Waals surface area contributed by atoms with Crippen LogP contribution in [0.3, 0.4) is 0 Å². The van der Waals surface area contributed by atoms with Crippen LogP contribution < -0.4 is 0 Å². The highest BCUT2D eigenvalue weighted by atomic mass is 19.3. The van der Waals surface area contributed by atoms with Crippen molar-refractivity contribution in [3.05, 3.63) is 84.2 Å². The molecule has 1 heterocycles. The van der Waals surface area contributed by atoms with Crippen LogP contribution in [0.25, 0.3) is 0 Å². The third-order valence-corrected chi connectivity index (χ3v) is 7.04. The number of ether oxygens (including phenoxy) is 1. The summed E-state index contributed by atoms with van der Waals surface area (Å²) < 4.78 is 33.5. The first kappa shape index (κ1) is 25.2. The van der Waals surface area contributed by atoms with Crippen LogP contribution in [-0.4, -0.2) is 46.1 Å². The zero-order valence-corrected chi connectivity index (χ0v) is 20.3. The monoisotopic (exact) mass is 484 g/mol. The minimum absolute atomic E-state index is 0.0455. The predicted octanol–water partition coefficient (Wildman–Crippen LogP) is 5.12. The SMILES string of the molecule is CC(C)C1N(CCOC(=O)[C@](O)(c2ccccc2)[C@H]2CCC(F)(F)C2)C=CN1Cc1ccccc1. The van der Waals surface area contributed by atoms with E-state index < -0.39 is 29.8 Å². The maximum Gasteiger partial charge on any atom is 0.343 e. The molecule has 188 valence electrons. The van der Waals surface area contributed by atoms with E-state index in [2.05, 4.69) is 35.8 Å². The fourth-order valence-electron chi connectivity index (χ4n) is 5.32. The summed E-state index contributed by atoms with van der Waals surface area (Å²) in [6.45, 7) is 5.53. The van der Waals surface area contributed by atoms with Crippen LogP contribution in [0.1, 0.15) is 44.2 Å². The molecular formula is C28H34F2N2O3. The molecule has 0 amide bonds. The highest BCUT2D eigenvalue weighted by Crippen LogP contribution is 2.47. The van der Waals surface area contributed by atoms with Crippen LogP contribution in [-0.2, 0) is 21.7 Å². The van der Waals surface area contributed by atoms with E-state index in [0.717, 1.165) is 6.54 Å². The van der Waals surface area contributed by atoms with E-state index in [1.807, 2.05) is 30.6 Å². The van der Waals surface area contributed by atoms with Gasteiger partial charge in [0.25, 0.3) is 0 Å². The van der Waals surface area contributed by atoms with Gasteiger partial charge in [0.2, 0.25) is 5.92 Å². The van der Waals surface area contributed by atoms with Crippen molar-refractivity contribution in [2.24, 2.45) is 11.8 Å². The Balaban J connectivity index is 1.41. The van der Waals surface area contributed by atoms with Gasteiger partial charge in [0.05, 0.1) is 6.54 Å². The van der Waals surface area contributed by atoms with Gasteiger partial charge >= 0.3 is 5.97 Å². The molecule has 5 nitrogen and oxygen atoms in total. The van der Waals surface area contributed by atoms with Crippen LogP contribution in [0.4, 0.5) is 8.78 Å². The Labute approximate surface area is 206 Å². The van der Waals surface area contributed by atoms with E-state index in [4.69, 9.17) is 4.74 Å². The minimum atomic E-state index is -2.89. The third-order valence-electron chi connectivity index (χ3n) is 7.04. The topological polar surface area (TPSA) is 53.0 Å². The number of aliphatic hydroxyl groups is 1. The number of alkyl halides is 2. The maximum absolute atomic E-state index is 14.0. The van der Waals surface area contributed by atoms with Gasteiger partial charge in [-0.3, -0.25) is 0 Å². The van der Waals surface area contributed by atoms with Crippen LogP contribution in [0.2, 0.25) is 0 Å². The summed E-state index contributed by atoms with van der Waals surface area (Å²) in [5.74, 6) is -4.34. The average molecular weight is 485 g/mol. The molecule has 2 aromatic rings. The van der Waals surface area contributed by atoms with Gasteiger partial charge in [-0.15, -0.1) is 0 Å². The third kappa shape index (κ3) is 5.50. The molecule has 2 aromatic carbocycles. The summed E-state index contributed by atoms with van der Waals surface area (Å²) in [6, 6.07) is 18.5. The molecule has 1 saturated carbocycles. The highest BCUT2D eigenvalue weighted by Gasteiger charge is 2.54.